The smallest absolute Gasteiger partial charge is 0.406 e. The van der Waals surface area contributed by atoms with Crippen molar-refractivity contribution in [2.75, 3.05) is 11.4 Å². The van der Waals surface area contributed by atoms with Gasteiger partial charge in [-0.15, -0.1) is 13.2 Å². The van der Waals surface area contributed by atoms with Gasteiger partial charge in [-0.1, -0.05) is 0 Å². The lowest BCUT2D eigenvalue weighted by molar-refractivity contribution is -0.274. The van der Waals surface area contributed by atoms with Gasteiger partial charge in [0, 0.05) is 12.2 Å². The standard InChI is InChI=1S/C14H13F3N4O2/c15-14(16,17)23-10-3-4-11-9(6-10)2-1-5-21(11)13(22)7-12-18-8-19-20-12/h3-4,6,8H,1-2,5,7H2,(H,18,19,20). The Labute approximate surface area is 129 Å². The van der Waals surface area contributed by atoms with Gasteiger partial charge in [0.15, 0.2) is 0 Å². The molecule has 0 spiro atoms. The van der Waals surface area contributed by atoms with Crippen LogP contribution < -0.4 is 9.64 Å². The highest BCUT2D eigenvalue weighted by molar-refractivity contribution is 5.95. The van der Waals surface area contributed by atoms with Crippen molar-refractivity contribution in [3.05, 3.63) is 35.9 Å². The van der Waals surface area contributed by atoms with E-state index in [2.05, 4.69) is 19.9 Å². The van der Waals surface area contributed by atoms with Gasteiger partial charge in [0.2, 0.25) is 5.91 Å². The molecule has 2 heterocycles. The van der Waals surface area contributed by atoms with E-state index in [0.29, 0.717) is 36.5 Å². The number of anilines is 1. The lowest BCUT2D eigenvalue weighted by Gasteiger charge is -2.29. The molecule has 0 bridgehead atoms. The lowest BCUT2D eigenvalue weighted by atomic mass is 10.0. The minimum Gasteiger partial charge on any atom is -0.406 e. The summed E-state index contributed by atoms with van der Waals surface area (Å²) in [6.45, 7) is 0.513. The summed E-state index contributed by atoms with van der Waals surface area (Å²) in [6, 6.07) is 4.02. The van der Waals surface area contributed by atoms with Crippen LogP contribution in [0.25, 0.3) is 0 Å². The monoisotopic (exact) mass is 326 g/mol. The molecule has 0 saturated heterocycles. The van der Waals surface area contributed by atoms with Crippen LogP contribution in [0.5, 0.6) is 5.75 Å². The van der Waals surface area contributed by atoms with E-state index in [-0.39, 0.29) is 18.1 Å². The Bertz CT molecular complexity index is 701. The van der Waals surface area contributed by atoms with E-state index in [1.165, 1.54) is 24.5 Å². The van der Waals surface area contributed by atoms with Gasteiger partial charge in [-0.05, 0) is 36.6 Å². The molecule has 1 amide bonds. The predicted octanol–water partition coefficient (Wildman–Crippen LogP) is 2.23. The second-order valence-corrected chi connectivity index (χ2v) is 5.10. The fourth-order valence-electron chi connectivity index (χ4n) is 2.58. The van der Waals surface area contributed by atoms with Crippen LogP contribution in [-0.4, -0.2) is 34.0 Å². The van der Waals surface area contributed by atoms with Crippen molar-refractivity contribution in [3.8, 4) is 5.75 Å². The molecule has 0 radical (unpaired) electrons. The van der Waals surface area contributed by atoms with Crippen LogP contribution in [0, 0.1) is 0 Å². The number of aromatic amines is 1. The number of rotatable bonds is 3. The summed E-state index contributed by atoms with van der Waals surface area (Å²) >= 11 is 0. The van der Waals surface area contributed by atoms with Gasteiger partial charge in [-0.25, -0.2) is 4.98 Å². The number of amides is 1. The summed E-state index contributed by atoms with van der Waals surface area (Å²) in [5, 5.41) is 6.29. The van der Waals surface area contributed by atoms with Crippen LogP contribution in [0.3, 0.4) is 0 Å². The zero-order valence-electron chi connectivity index (χ0n) is 11.9. The van der Waals surface area contributed by atoms with Crippen molar-refractivity contribution in [3.63, 3.8) is 0 Å². The highest BCUT2D eigenvalue weighted by atomic mass is 19.4. The summed E-state index contributed by atoms with van der Waals surface area (Å²) in [4.78, 5) is 17.8. The largest absolute Gasteiger partial charge is 0.573 e. The summed E-state index contributed by atoms with van der Waals surface area (Å²) in [5.74, 6) is -0.0212. The minimum atomic E-state index is -4.73. The molecule has 23 heavy (non-hydrogen) atoms. The van der Waals surface area contributed by atoms with Crippen molar-refractivity contribution in [1.29, 1.82) is 0 Å². The second-order valence-electron chi connectivity index (χ2n) is 5.10. The zero-order chi connectivity index (χ0) is 16.4. The molecule has 1 N–H and O–H groups in total. The highest BCUT2D eigenvalue weighted by Gasteiger charge is 2.32. The molecule has 0 unspecified atom stereocenters. The summed E-state index contributed by atoms with van der Waals surface area (Å²) in [6.07, 6.45) is -2.10. The number of H-pyrrole nitrogens is 1. The Hall–Kier alpha value is -2.58. The quantitative estimate of drug-likeness (QED) is 0.939. The van der Waals surface area contributed by atoms with E-state index in [4.69, 9.17) is 0 Å². The molecule has 3 rings (SSSR count). The first kappa shape index (κ1) is 15.3. The number of benzene rings is 1. The molecule has 0 saturated carbocycles. The molecule has 122 valence electrons. The Balaban J connectivity index is 1.80. The Morgan fingerprint density at radius 2 is 2.22 bits per heavy atom. The third-order valence-corrected chi connectivity index (χ3v) is 3.49. The summed E-state index contributed by atoms with van der Waals surface area (Å²) in [7, 11) is 0. The first-order valence-corrected chi connectivity index (χ1v) is 6.96. The van der Waals surface area contributed by atoms with Crippen molar-refractivity contribution >= 4 is 11.6 Å². The number of halogens is 3. The van der Waals surface area contributed by atoms with E-state index < -0.39 is 6.36 Å². The molecule has 1 aliphatic rings. The fourth-order valence-corrected chi connectivity index (χ4v) is 2.58. The predicted molar refractivity (Wildman–Crippen MR) is 73.9 cm³/mol. The molecule has 6 nitrogen and oxygen atoms in total. The van der Waals surface area contributed by atoms with Crippen LogP contribution >= 0.6 is 0 Å². The number of carbonyl (C=O) groups excluding carboxylic acids is 1. The molecular formula is C14H13F3N4O2. The molecule has 2 aromatic rings. The maximum Gasteiger partial charge on any atom is 0.573 e. The highest BCUT2D eigenvalue weighted by Crippen LogP contribution is 2.32. The molecule has 1 aliphatic heterocycles. The number of aryl methyl sites for hydroxylation is 1. The van der Waals surface area contributed by atoms with Crippen LogP contribution in [0.15, 0.2) is 24.5 Å². The Kier molecular flexibility index (Phi) is 3.93. The van der Waals surface area contributed by atoms with Crippen molar-refractivity contribution < 1.29 is 22.7 Å². The molecule has 0 fully saturated rings. The van der Waals surface area contributed by atoms with Crippen LogP contribution in [0.4, 0.5) is 18.9 Å². The van der Waals surface area contributed by atoms with Gasteiger partial charge in [0.1, 0.15) is 17.9 Å². The number of nitrogens with zero attached hydrogens (tertiary/aromatic N) is 3. The molecular weight excluding hydrogens is 313 g/mol. The number of hydrogen-bond acceptors (Lipinski definition) is 4. The van der Waals surface area contributed by atoms with Gasteiger partial charge in [-0.3, -0.25) is 9.89 Å². The van der Waals surface area contributed by atoms with Gasteiger partial charge >= 0.3 is 6.36 Å². The van der Waals surface area contributed by atoms with E-state index in [1.807, 2.05) is 0 Å². The van der Waals surface area contributed by atoms with E-state index in [1.54, 1.807) is 4.90 Å². The van der Waals surface area contributed by atoms with Gasteiger partial charge in [0.25, 0.3) is 0 Å². The Morgan fingerprint density at radius 3 is 2.91 bits per heavy atom. The number of alkyl halides is 3. The first-order chi connectivity index (χ1) is 10.9. The molecule has 0 atom stereocenters. The van der Waals surface area contributed by atoms with Crippen LogP contribution in [-0.2, 0) is 17.6 Å². The minimum absolute atomic E-state index is 0.0558. The first-order valence-electron chi connectivity index (χ1n) is 6.96. The van der Waals surface area contributed by atoms with E-state index in [0.717, 1.165) is 0 Å². The summed E-state index contributed by atoms with van der Waals surface area (Å²) in [5.41, 5.74) is 1.26. The van der Waals surface area contributed by atoms with E-state index >= 15 is 0 Å². The molecule has 9 heteroatoms. The van der Waals surface area contributed by atoms with Crippen molar-refractivity contribution in [2.45, 2.75) is 25.6 Å². The molecule has 1 aromatic carbocycles. The molecule has 0 aliphatic carbocycles. The molecule has 1 aromatic heterocycles. The third kappa shape index (κ3) is 3.61. The zero-order valence-corrected chi connectivity index (χ0v) is 11.9. The van der Waals surface area contributed by atoms with Gasteiger partial charge in [-0.2, -0.15) is 5.10 Å². The SMILES string of the molecule is O=C(Cc1ncn[nH]1)N1CCCc2cc(OC(F)(F)F)ccc21. The van der Waals surface area contributed by atoms with Crippen molar-refractivity contribution in [2.24, 2.45) is 0 Å². The number of ether oxygens (including phenoxy) is 1. The number of aromatic nitrogens is 3. The van der Waals surface area contributed by atoms with Gasteiger partial charge in [0.05, 0.1) is 6.42 Å². The number of carbonyl (C=O) groups is 1. The maximum absolute atomic E-state index is 12.4. The van der Waals surface area contributed by atoms with Crippen LogP contribution in [0.1, 0.15) is 17.8 Å². The third-order valence-electron chi connectivity index (χ3n) is 3.49. The number of fused-ring (bicyclic) bond motifs is 1. The average molecular weight is 326 g/mol. The average Bonchev–Trinajstić information content (AvgIpc) is 2.97. The number of nitrogens with one attached hydrogen (secondary N) is 1. The second kappa shape index (κ2) is 5.90. The van der Waals surface area contributed by atoms with Gasteiger partial charge < -0.3 is 9.64 Å². The Morgan fingerprint density at radius 1 is 1.39 bits per heavy atom. The fraction of sp³-hybridized carbons (Fsp3) is 0.357. The summed E-state index contributed by atoms with van der Waals surface area (Å²) < 4.78 is 40.8. The lowest BCUT2D eigenvalue weighted by Crippen LogP contribution is -2.36. The van der Waals surface area contributed by atoms with E-state index in [9.17, 15) is 18.0 Å². The maximum atomic E-state index is 12.4. The normalized spacial score (nSPS) is 14.5. The number of hydrogen-bond donors (Lipinski definition) is 1. The topological polar surface area (TPSA) is 71.1 Å². The van der Waals surface area contributed by atoms with Crippen molar-refractivity contribution in [1.82, 2.24) is 15.2 Å². The van der Waals surface area contributed by atoms with Crippen LogP contribution in [0.2, 0.25) is 0 Å².